The van der Waals surface area contributed by atoms with Gasteiger partial charge in [0.2, 0.25) is 0 Å². The van der Waals surface area contributed by atoms with Crippen LogP contribution in [0.4, 0.5) is 5.69 Å². The minimum absolute atomic E-state index is 0.151. The van der Waals surface area contributed by atoms with E-state index in [2.05, 4.69) is 25.2 Å². The van der Waals surface area contributed by atoms with Crippen molar-refractivity contribution in [1.29, 1.82) is 0 Å². The minimum Gasteiger partial charge on any atom is -0.387 e. The highest BCUT2D eigenvalue weighted by atomic mass is 32.2. The predicted octanol–water partition coefficient (Wildman–Crippen LogP) is 4.92. The number of aliphatic hydroxyl groups excluding tert-OH is 1. The van der Waals surface area contributed by atoms with Gasteiger partial charge in [-0.25, -0.2) is 8.42 Å². The van der Waals surface area contributed by atoms with E-state index in [-0.39, 0.29) is 4.90 Å². The molecule has 0 spiro atoms. The van der Waals surface area contributed by atoms with E-state index in [9.17, 15) is 13.5 Å². The molecule has 0 saturated heterocycles. The maximum atomic E-state index is 12.9. The summed E-state index contributed by atoms with van der Waals surface area (Å²) in [4.78, 5) is 8.67. The Morgan fingerprint density at radius 1 is 1.00 bits per heavy atom. The molecule has 3 N–H and O–H groups in total. The number of aromatic nitrogens is 3. The number of nitrogens with zero attached hydrogens (tertiary/aromatic N) is 3. The number of aryl methyl sites for hydroxylation is 1. The monoisotopic (exact) mass is 561 g/mol. The summed E-state index contributed by atoms with van der Waals surface area (Å²) >= 11 is 0. The number of nitrogens with one attached hydrogen (secondary N) is 2. The first-order chi connectivity index (χ1) is 19.5. The van der Waals surface area contributed by atoms with Crippen LogP contribution >= 0.6 is 0 Å². The van der Waals surface area contributed by atoms with Gasteiger partial charge in [-0.1, -0.05) is 49.0 Å². The Kier molecular flexibility index (Phi) is 9.20. The summed E-state index contributed by atoms with van der Waals surface area (Å²) in [7, 11) is -3.76. The molecule has 2 aromatic carbocycles. The molecule has 0 aliphatic heterocycles. The normalized spacial score (nSPS) is 14.8. The SMILES string of the molecule is O=S(=O)(Nc1ccc(CCNCC(O)c2cccnc2)cc1)c1ccc(-c2nc(CCC3CCCC3)no2)cc1. The van der Waals surface area contributed by atoms with Crippen LogP contribution in [0.5, 0.6) is 0 Å². The van der Waals surface area contributed by atoms with E-state index in [0.29, 0.717) is 36.1 Å². The first-order valence-corrected chi connectivity index (χ1v) is 15.3. The van der Waals surface area contributed by atoms with Gasteiger partial charge in [-0.2, -0.15) is 4.98 Å². The predicted molar refractivity (Wildman–Crippen MR) is 153 cm³/mol. The first-order valence-electron chi connectivity index (χ1n) is 13.8. The summed E-state index contributed by atoms with van der Waals surface area (Å²) in [6, 6.07) is 17.4. The van der Waals surface area contributed by atoms with Gasteiger partial charge in [-0.05, 0) is 73.3 Å². The zero-order valence-electron chi connectivity index (χ0n) is 22.4. The van der Waals surface area contributed by atoms with E-state index in [4.69, 9.17) is 4.52 Å². The van der Waals surface area contributed by atoms with E-state index < -0.39 is 16.1 Å². The smallest absolute Gasteiger partial charge is 0.261 e. The highest BCUT2D eigenvalue weighted by Gasteiger charge is 2.18. The lowest BCUT2D eigenvalue weighted by molar-refractivity contribution is 0.174. The third-order valence-corrected chi connectivity index (χ3v) is 8.73. The van der Waals surface area contributed by atoms with E-state index in [0.717, 1.165) is 36.3 Å². The lowest BCUT2D eigenvalue weighted by atomic mass is 10.0. The molecule has 1 saturated carbocycles. The first kappa shape index (κ1) is 27.9. The fourth-order valence-electron chi connectivity index (χ4n) is 5.00. The second kappa shape index (κ2) is 13.2. The van der Waals surface area contributed by atoms with E-state index >= 15 is 0 Å². The van der Waals surface area contributed by atoms with Crippen molar-refractivity contribution in [2.45, 2.75) is 55.9 Å². The van der Waals surface area contributed by atoms with E-state index in [1.165, 1.54) is 25.7 Å². The van der Waals surface area contributed by atoms with Gasteiger partial charge >= 0.3 is 0 Å². The van der Waals surface area contributed by atoms with Crippen LogP contribution < -0.4 is 10.0 Å². The van der Waals surface area contributed by atoms with Crippen LogP contribution in [-0.2, 0) is 22.9 Å². The highest BCUT2D eigenvalue weighted by molar-refractivity contribution is 7.92. The third kappa shape index (κ3) is 7.53. The Labute approximate surface area is 235 Å². The summed E-state index contributed by atoms with van der Waals surface area (Å²) in [6.07, 6.45) is 10.5. The lowest BCUT2D eigenvalue weighted by Gasteiger charge is -2.12. The van der Waals surface area contributed by atoms with Crippen LogP contribution in [0.25, 0.3) is 11.5 Å². The molecule has 1 aliphatic rings. The second-order valence-electron chi connectivity index (χ2n) is 10.3. The molecule has 5 rings (SSSR count). The Morgan fingerprint density at radius 2 is 1.77 bits per heavy atom. The van der Waals surface area contributed by atoms with Crippen LogP contribution in [0.1, 0.15) is 55.2 Å². The summed E-state index contributed by atoms with van der Waals surface area (Å²) in [5.74, 6) is 1.85. The van der Waals surface area contributed by atoms with Crippen molar-refractivity contribution in [3.63, 3.8) is 0 Å². The van der Waals surface area contributed by atoms with Crippen molar-refractivity contribution >= 4 is 15.7 Å². The zero-order valence-corrected chi connectivity index (χ0v) is 23.2. The molecule has 0 radical (unpaired) electrons. The number of pyridine rings is 1. The van der Waals surface area contributed by atoms with Crippen molar-refractivity contribution in [2.75, 3.05) is 17.8 Å². The molecule has 4 aromatic rings. The van der Waals surface area contributed by atoms with Crippen LogP contribution in [0.2, 0.25) is 0 Å². The molecule has 9 nitrogen and oxygen atoms in total. The van der Waals surface area contributed by atoms with Crippen LogP contribution in [0, 0.1) is 5.92 Å². The zero-order chi connectivity index (χ0) is 27.8. The summed E-state index contributed by atoms with van der Waals surface area (Å²) in [5, 5.41) is 17.5. The van der Waals surface area contributed by atoms with E-state index in [1.807, 2.05) is 18.2 Å². The van der Waals surface area contributed by atoms with Crippen molar-refractivity contribution in [3.8, 4) is 11.5 Å². The molecule has 210 valence electrons. The van der Waals surface area contributed by atoms with E-state index in [1.54, 1.807) is 54.9 Å². The fourth-order valence-corrected chi connectivity index (χ4v) is 6.06. The topological polar surface area (TPSA) is 130 Å². The fraction of sp³-hybridized carbons (Fsp3) is 0.367. The molecule has 2 heterocycles. The van der Waals surface area contributed by atoms with Gasteiger partial charge in [-0.3, -0.25) is 9.71 Å². The summed E-state index contributed by atoms with van der Waals surface area (Å²) in [5.41, 5.74) is 2.99. The van der Waals surface area contributed by atoms with Crippen molar-refractivity contribution in [1.82, 2.24) is 20.4 Å². The molecule has 1 atom stereocenters. The van der Waals surface area contributed by atoms with Gasteiger partial charge in [-0.15, -0.1) is 0 Å². The maximum absolute atomic E-state index is 12.9. The van der Waals surface area contributed by atoms with Gasteiger partial charge in [0.1, 0.15) is 0 Å². The Balaban J connectivity index is 1.10. The van der Waals surface area contributed by atoms with Crippen molar-refractivity contribution in [2.24, 2.45) is 5.92 Å². The molecule has 1 unspecified atom stereocenters. The summed E-state index contributed by atoms with van der Waals surface area (Å²) < 4.78 is 33.9. The van der Waals surface area contributed by atoms with Gasteiger partial charge in [0.25, 0.3) is 15.9 Å². The van der Waals surface area contributed by atoms with Gasteiger partial charge in [0.15, 0.2) is 5.82 Å². The quantitative estimate of drug-likeness (QED) is 0.196. The number of sulfonamides is 1. The largest absolute Gasteiger partial charge is 0.387 e. The molecular weight excluding hydrogens is 526 g/mol. The number of anilines is 1. The van der Waals surface area contributed by atoms with Crippen LogP contribution in [0.3, 0.4) is 0 Å². The van der Waals surface area contributed by atoms with Gasteiger partial charge < -0.3 is 14.9 Å². The molecule has 0 bridgehead atoms. The minimum atomic E-state index is -3.76. The molecule has 10 heteroatoms. The Hall–Kier alpha value is -3.60. The second-order valence-corrected chi connectivity index (χ2v) is 12.0. The molecule has 1 fully saturated rings. The lowest BCUT2D eigenvalue weighted by Crippen LogP contribution is -2.23. The van der Waals surface area contributed by atoms with Crippen LogP contribution in [-0.4, -0.2) is 41.7 Å². The average molecular weight is 562 g/mol. The van der Waals surface area contributed by atoms with Gasteiger partial charge in [0.05, 0.1) is 11.0 Å². The van der Waals surface area contributed by atoms with Crippen molar-refractivity contribution < 1.29 is 18.0 Å². The average Bonchev–Trinajstić information content (AvgIpc) is 3.68. The Morgan fingerprint density at radius 3 is 2.50 bits per heavy atom. The highest BCUT2D eigenvalue weighted by Crippen LogP contribution is 2.29. The molecule has 2 aromatic heterocycles. The molecule has 1 aliphatic carbocycles. The maximum Gasteiger partial charge on any atom is 0.261 e. The number of benzene rings is 2. The number of hydrogen-bond donors (Lipinski definition) is 3. The van der Waals surface area contributed by atoms with Crippen molar-refractivity contribution in [3.05, 3.63) is 90.0 Å². The summed E-state index contributed by atoms with van der Waals surface area (Å²) in [6.45, 7) is 1.10. The number of hydrogen-bond acceptors (Lipinski definition) is 8. The van der Waals surface area contributed by atoms with Gasteiger partial charge in [0, 0.05) is 42.2 Å². The molecule has 0 amide bonds. The Bertz CT molecular complexity index is 1450. The number of aliphatic hydroxyl groups is 1. The molecular formula is C30H35N5O4S. The number of rotatable bonds is 13. The van der Waals surface area contributed by atoms with Crippen LogP contribution in [0.15, 0.2) is 82.5 Å². The standard InChI is InChI=1S/C30H35N5O4S/c36-28(25-6-3-18-31-20-25)21-32-19-17-23-7-12-26(13-8-23)35-40(37,38)27-14-10-24(11-15-27)30-33-29(34-39-30)16-9-22-4-1-2-5-22/h3,6-8,10-15,18,20,22,28,32,35-36H,1-2,4-5,9,16-17,19,21H2. The molecule has 40 heavy (non-hydrogen) atoms. The third-order valence-electron chi connectivity index (χ3n) is 7.33.